The monoisotopic (exact) mass is 337 g/mol. The second-order valence-corrected chi connectivity index (χ2v) is 6.26. The molecule has 0 unspecified atom stereocenters. The molecule has 2 heterocycles. The number of hydrogen-bond acceptors (Lipinski definition) is 2. The Balaban J connectivity index is 1.69. The van der Waals surface area contributed by atoms with Crippen LogP contribution in [-0.4, -0.2) is 15.0 Å². The smallest absolute Gasteiger partial charge is 0.275 e. The molecule has 0 saturated heterocycles. The molecule has 5 aromatic rings. The van der Waals surface area contributed by atoms with Crippen molar-refractivity contribution in [3.8, 4) is 22.4 Å². The van der Waals surface area contributed by atoms with Crippen LogP contribution in [0.15, 0.2) is 83.8 Å². The molecule has 2 N–H and O–H groups in total. The maximum absolute atomic E-state index is 12.7. The average molecular weight is 337 g/mol. The van der Waals surface area contributed by atoms with Crippen molar-refractivity contribution in [2.24, 2.45) is 0 Å². The Labute approximate surface area is 149 Å². The van der Waals surface area contributed by atoms with Gasteiger partial charge < -0.3 is 9.97 Å². The Bertz CT molecular complexity index is 1300. The summed E-state index contributed by atoms with van der Waals surface area (Å²) in [6.07, 6.45) is 1.84. The topological polar surface area (TPSA) is 61.5 Å². The number of aromatic amines is 2. The highest BCUT2D eigenvalue weighted by Gasteiger charge is 2.12. The normalized spacial score (nSPS) is 11.2. The first-order valence-electron chi connectivity index (χ1n) is 8.45. The van der Waals surface area contributed by atoms with Crippen LogP contribution in [0.1, 0.15) is 0 Å². The van der Waals surface area contributed by atoms with E-state index in [1.165, 1.54) is 0 Å². The summed E-state index contributed by atoms with van der Waals surface area (Å²) in [4.78, 5) is 23.5. The van der Waals surface area contributed by atoms with E-state index in [-0.39, 0.29) is 5.56 Å². The molecule has 0 atom stereocenters. The minimum Gasteiger partial charge on any atom is -0.360 e. The van der Waals surface area contributed by atoms with Crippen LogP contribution >= 0.6 is 0 Å². The zero-order valence-corrected chi connectivity index (χ0v) is 13.9. The van der Waals surface area contributed by atoms with E-state index in [0.29, 0.717) is 5.69 Å². The molecular weight excluding hydrogens is 322 g/mol. The van der Waals surface area contributed by atoms with Crippen LogP contribution in [0.5, 0.6) is 0 Å². The minimum atomic E-state index is -0.188. The molecule has 0 aliphatic rings. The zero-order valence-electron chi connectivity index (χ0n) is 13.9. The fourth-order valence-corrected chi connectivity index (χ4v) is 3.35. The van der Waals surface area contributed by atoms with Gasteiger partial charge in [-0.25, -0.2) is 4.98 Å². The average Bonchev–Trinajstić information content (AvgIpc) is 3.12. The Morgan fingerprint density at radius 2 is 1.58 bits per heavy atom. The van der Waals surface area contributed by atoms with Gasteiger partial charge in [0.1, 0.15) is 5.69 Å². The van der Waals surface area contributed by atoms with Crippen LogP contribution in [-0.2, 0) is 0 Å². The summed E-state index contributed by atoms with van der Waals surface area (Å²) in [7, 11) is 0. The molecule has 5 rings (SSSR count). The summed E-state index contributed by atoms with van der Waals surface area (Å²) in [6, 6.07) is 23.9. The largest absolute Gasteiger partial charge is 0.360 e. The molecule has 0 spiro atoms. The zero-order chi connectivity index (χ0) is 17.5. The van der Waals surface area contributed by atoms with Crippen LogP contribution in [0, 0.1) is 0 Å². The Morgan fingerprint density at radius 1 is 0.769 bits per heavy atom. The lowest BCUT2D eigenvalue weighted by Gasteiger charge is -2.05. The first-order valence-corrected chi connectivity index (χ1v) is 8.45. The number of hydrogen-bond donors (Lipinski definition) is 2. The molecule has 4 heteroatoms. The van der Waals surface area contributed by atoms with Crippen molar-refractivity contribution < 1.29 is 0 Å². The molecule has 3 aromatic carbocycles. The molecule has 0 fully saturated rings. The first kappa shape index (κ1) is 14.7. The highest BCUT2D eigenvalue weighted by atomic mass is 16.1. The second kappa shape index (κ2) is 5.70. The van der Waals surface area contributed by atoms with Crippen molar-refractivity contribution in [1.82, 2.24) is 15.0 Å². The molecule has 0 amide bonds. The van der Waals surface area contributed by atoms with Crippen molar-refractivity contribution in [2.45, 2.75) is 0 Å². The summed E-state index contributed by atoms with van der Waals surface area (Å²) < 4.78 is 0. The maximum Gasteiger partial charge on any atom is 0.275 e. The van der Waals surface area contributed by atoms with Crippen LogP contribution in [0.25, 0.3) is 44.3 Å². The Hall–Kier alpha value is -3.66. The molecule has 26 heavy (non-hydrogen) atoms. The van der Waals surface area contributed by atoms with Crippen LogP contribution in [0.4, 0.5) is 0 Å². The van der Waals surface area contributed by atoms with Crippen molar-refractivity contribution in [1.29, 1.82) is 0 Å². The van der Waals surface area contributed by atoms with E-state index < -0.39 is 0 Å². The van der Waals surface area contributed by atoms with E-state index in [4.69, 9.17) is 0 Å². The number of aromatic nitrogens is 3. The lowest BCUT2D eigenvalue weighted by molar-refractivity contribution is 1.22. The van der Waals surface area contributed by atoms with E-state index in [1.54, 1.807) is 0 Å². The quantitative estimate of drug-likeness (QED) is 0.489. The summed E-state index contributed by atoms with van der Waals surface area (Å²) in [5, 5.41) is 0.991. The molecule has 0 saturated carbocycles. The summed E-state index contributed by atoms with van der Waals surface area (Å²) >= 11 is 0. The van der Waals surface area contributed by atoms with Crippen molar-refractivity contribution in [3.63, 3.8) is 0 Å². The van der Waals surface area contributed by atoms with Crippen molar-refractivity contribution in [2.75, 3.05) is 0 Å². The molecule has 0 radical (unpaired) electrons. The number of benzene rings is 3. The van der Waals surface area contributed by atoms with Gasteiger partial charge in [-0.15, -0.1) is 0 Å². The van der Waals surface area contributed by atoms with Crippen LogP contribution < -0.4 is 5.56 Å². The van der Waals surface area contributed by atoms with Gasteiger partial charge in [0.05, 0.1) is 11.0 Å². The second-order valence-electron chi connectivity index (χ2n) is 6.26. The predicted molar refractivity (Wildman–Crippen MR) is 105 cm³/mol. The molecular formula is C22H15N3O. The third-order valence-electron chi connectivity index (χ3n) is 4.64. The Morgan fingerprint density at radius 3 is 2.46 bits per heavy atom. The molecule has 0 aliphatic carbocycles. The summed E-state index contributed by atoms with van der Waals surface area (Å²) in [5.74, 6) is 0. The highest BCUT2D eigenvalue weighted by molar-refractivity contribution is 5.95. The highest BCUT2D eigenvalue weighted by Crippen LogP contribution is 2.27. The summed E-state index contributed by atoms with van der Waals surface area (Å²) in [5.41, 5.74) is 5.71. The number of H-pyrrole nitrogens is 2. The number of nitrogens with one attached hydrogen (secondary N) is 2. The van der Waals surface area contributed by atoms with Crippen molar-refractivity contribution in [3.05, 3.63) is 89.3 Å². The SMILES string of the molecule is O=c1[nH]c2cc(-c3ccccc3)ccc2nc1-c1c[nH]c2ccccc12. The van der Waals surface area contributed by atoms with Gasteiger partial charge in [-0.3, -0.25) is 4.79 Å². The lowest BCUT2D eigenvalue weighted by Crippen LogP contribution is -2.11. The number of nitrogens with zero attached hydrogens (tertiary/aromatic N) is 1. The lowest BCUT2D eigenvalue weighted by atomic mass is 10.0. The predicted octanol–water partition coefficient (Wildman–Crippen LogP) is 4.74. The molecule has 4 nitrogen and oxygen atoms in total. The van der Waals surface area contributed by atoms with Gasteiger partial charge in [-0.1, -0.05) is 54.6 Å². The van der Waals surface area contributed by atoms with Gasteiger partial charge in [0.2, 0.25) is 0 Å². The van der Waals surface area contributed by atoms with Gasteiger partial charge in [0, 0.05) is 22.7 Å². The van der Waals surface area contributed by atoms with Crippen LogP contribution in [0.2, 0.25) is 0 Å². The first-order chi connectivity index (χ1) is 12.8. The molecule has 0 aliphatic heterocycles. The number of fused-ring (bicyclic) bond motifs is 2. The maximum atomic E-state index is 12.7. The third kappa shape index (κ3) is 2.31. The van der Waals surface area contributed by atoms with Gasteiger partial charge >= 0.3 is 0 Å². The van der Waals surface area contributed by atoms with Crippen LogP contribution in [0.3, 0.4) is 0 Å². The fourth-order valence-electron chi connectivity index (χ4n) is 3.35. The summed E-state index contributed by atoms with van der Waals surface area (Å²) in [6.45, 7) is 0. The van der Waals surface area contributed by atoms with E-state index >= 15 is 0 Å². The fraction of sp³-hybridized carbons (Fsp3) is 0. The molecule has 0 bridgehead atoms. The van der Waals surface area contributed by atoms with E-state index in [1.807, 2.05) is 79.0 Å². The Kier molecular flexibility index (Phi) is 3.22. The van der Waals surface area contributed by atoms with Gasteiger partial charge in [-0.05, 0) is 29.3 Å². The molecule has 2 aromatic heterocycles. The van der Waals surface area contributed by atoms with E-state index in [0.717, 1.165) is 38.6 Å². The van der Waals surface area contributed by atoms with E-state index in [9.17, 15) is 4.79 Å². The minimum absolute atomic E-state index is 0.188. The van der Waals surface area contributed by atoms with Crippen molar-refractivity contribution >= 4 is 21.9 Å². The standard InChI is InChI=1S/C22H15N3O/c26-22-21(17-13-23-18-9-5-4-8-16(17)18)24-19-11-10-15(12-20(19)25-22)14-6-2-1-3-7-14/h1-13,23H,(H,25,26). The number of rotatable bonds is 2. The third-order valence-corrected chi connectivity index (χ3v) is 4.64. The molecule has 124 valence electrons. The van der Waals surface area contributed by atoms with Gasteiger partial charge in [-0.2, -0.15) is 0 Å². The van der Waals surface area contributed by atoms with Gasteiger partial charge in [0.15, 0.2) is 0 Å². The van der Waals surface area contributed by atoms with Gasteiger partial charge in [0.25, 0.3) is 5.56 Å². The number of para-hydroxylation sites is 1. The van der Waals surface area contributed by atoms with E-state index in [2.05, 4.69) is 15.0 Å².